The Bertz CT molecular complexity index is 472. The third kappa shape index (κ3) is 2.16. The summed E-state index contributed by atoms with van der Waals surface area (Å²) in [5.74, 6) is 0.0220. The number of ketones is 1. The smallest absolute Gasteiger partial charge is 0.234 e. The van der Waals surface area contributed by atoms with Crippen LogP contribution in [0.4, 0.5) is 0 Å². The van der Waals surface area contributed by atoms with E-state index in [0.717, 1.165) is 19.6 Å². The van der Waals surface area contributed by atoms with Crippen molar-refractivity contribution in [1.29, 1.82) is 0 Å². The highest BCUT2D eigenvalue weighted by Crippen LogP contribution is 2.35. The fraction of sp³-hybridized carbons (Fsp3) is 0.467. The molecule has 0 aliphatic carbocycles. The normalized spacial score (nSPS) is 22.7. The van der Waals surface area contributed by atoms with Crippen LogP contribution in [0.2, 0.25) is 0 Å². The topological polar surface area (TPSA) is 49.4 Å². The largest absolute Gasteiger partial charge is 0.348 e. The molecule has 0 atom stereocenters. The Labute approximate surface area is 112 Å². The monoisotopic (exact) mass is 258 g/mol. The van der Waals surface area contributed by atoms with Crippen molar-refractivity contribution in [2.45, 2.75) is 19.4 Å². The molecule has 0 saturated carbocycles. The Hall–Kier alpha value is -1.68. The number of rotatable bonds is 2. The van der Waals surface area contributed by atoms with Crippen LogP contribution in [-0.4, -0.2) is 36.2 Å². The molecule has 2 saturated heterocycles. The van der Waals surface area contributed by atoms with Crippen molar-refractivity contribution >= 4 is 11.7 Å². The molecule has 2 fully saturated rings. The van der Waals surface area contributed by atoms with Gasteiger partial charge < -0.3 is 5.32 Å². The Balaban J connectivity index is 1.64. The third-order valence-corrected chi connectivity index (χ3v) is 4.34. The summed E-state index contributed by atoms with van der Waals surface area (Å²) in [6, 6.07) is 10.3. The Morgan fingerprint density at radius 1 is 1.11 bits per heavy atom. The molecule has 1 amide bonds. The molecule has 0 bridgehead atoms. The lowest BCUT2D eigenvalue weighted by Crippen LogP contribution is -2.46. The van der Waals surface area contributed by atoms with Crippen molar-refractivity contribution in [3.63, 3.8) is 0 Å². The lowest BCUT2D eigenvalue weighted by Gasteiger charge is -2.36. The zero-order chi connectivity index (χ0) is 13.3. The summed E-state index contributed by atoms with van der Waals surface area (Å²) >= 11 is 0. The number of amides is 1. The molecule has 100 valence electrons. The van der Waals surface area contributed by atoms with Gasteiger partial charge in [-0.1, -0.05) is 30.3 Å². The maximum absolute atomic E-state index is 11.9. The second kappa shape index (κ2) is 4.78. The molecule has 1 spiro atoms. The molecule has 4 nitrogen and oxygen atoms in total. The van der Waals surface area contributed by atoms with E-state index in [4.69, 9.17) is 0 Å². The van der Waals surface area contributed by atoms with Crippen LogP contribution in [0.3, 0.4) is 0 Å². The first-order valence-corrected chi connectivity index (χ1v) is 6.79. The summed E-state index contributed by atoms with van der Waals surface area (Å²) in [7, 11) is 0. The fourth-order valence-electron chi connectivity index (χ4n) is 3.07. The van der Waals surface area contributed by atoms with Gasteiger partial charge in [0.1, 0.15) is 5.41 Å². The first kappa shape index (κ1) is 12.4. The van der Waals surface area contributed by atoms with Crippen molar-refractivity contribution in [2.24, 2.45) is 5.41 Å². The number of hydrogen-bond donors (Lipinski definition) is 1. The number of Topliss-reactive ketones (excluding diaryl/α,β-unsaturated/α-hetero) is 1. The number of hydrogen-bond acceptors (Lipinski definition) is 3. The molecule has 2 heterocycles. The van der Waals surface area contributed by atoms with Crippen molar-refractivity contribution in [1.82, 2.24) is 10.2 Å². The average molecular weight is 258 g/mol. The van der Waals surface area contributed by atoms with Crippen LogP contribution >= 0.6 is 0 Å². The van der Waals surface area contributed by atoms with E-state index in [2.05, 4.69) is 22.3 Å². The molecule has 4 heteroatoms. The molecule has 1 aromatic carbocycles. The second-order valence-corrected chi connectivity index (χ2v) is 5.45. The average Bonchev–Trinajstić information content (AvgIpc) is 2.71. The van der Waals surface area contributed by atoms with Gasteiger partial charge in [-0.15, -0.1) is 0 Å². The molecule has 0 radical (unpaired) electrons. The summed E-state index contributed by atoms with van der Waals surface area (Å²) < 4.78 is 0. The lowest BCUT2D eigenvalue weighted by atomic mass is 9.76. The summed E-state index contributed by atoms with van der Waals surface area (Å²) in [5.41, 5.74) is 0.563. The van der Waals surface area contributed by atoms with Gasteiger partial charge in [0.15, 0.2) is 5.78 Å². The van der Waals surface area contributed by atoms with E-state index in [1.54, 1.807) is 0 Å². The SMILES string of the molecule is O=C1CNC(=O)C12CCN(Cc1ccccc1)CC2. The van der Waals surface area contributed by atoms with Gasteiger partial charge >= 0.3 is 0 Å². The Morgan fingerprint density at radius 3 is 2.37 bits per heavy atom. The van der Waals surface area contributed by atoms with Gasteiger partial charge in [-0.25, -0.2) is 0 Å². The van der Waals surface area contributed by atoms with E-state index in [0.29, 0.717) is 12.8 Å². The predicted molar refractivity (Wildman–Crippen MR) is 71.4 cm³/mol. The number of nitrogens with one attached hydrogen (secondary N) is 1. The minimum Gasteiger partial charge on any atom is -0.348 e. The van der Waals surface area contributed by atoms with E-state index in [9.17, 15) is 9.59 Å². The second-order valence-electron chi connectivity index (χ2n) is 5.45. The summed E-state index contributed by atoms with van der Waals surface area (Å²) in [6.07, 6.45) is 1.31. The number of carbonyl (C=O) groups excluding carboxylic acids is 2. The highest BCUT2D eigenvalue weighted by molar-refractivity contribution is 6.12. The van der Waals surface area contributed by atoms with Gasteiger partial charge in [-0.05, 0) is 31.5 Å². The van der Waals surface area contributed by atoms with E-state index < -0.39 is 5.41 Å². The third-order valence-electron chi connectivity index (χ3n) is 4.34. The number of benzene rings is 1. The molecule has 1 N–H and O–H groups in total. The van der Waals surface area contributed by atoms with Crippen LogP contribution in [0.25, 0.3) is 0 Å². The molecule has 2 aliphatic rings. The van der Waals surface area contributed by atoms with Gasteiger partial charge in [-0.3, -0.25) is 14.5 Å². The number of likely N-dealkylation sites (tertiary alicyclic amines) is 1. The molecule has 2 aliphatic heterocycles. The van der Waals surface area contributed by atoms with Gasteiger partial charge in [0, 0.05) is 6.54 Å². The first-order chi connectivity index (χ1) is 9.21. The fourth-order valence-corrected chi connectivity index (χ4v) is 3.07. The number of piperidine rings is 1. The quantitative estimate of drug-likeness (QED) is 0.804. The predicted octanol–water partition coefficient (Wildman–Crippen LogP) is 0.968. The molecule has 0 aromatic heterocycles. The maximum atomic E-state index is 11.9. The highest BCUT2D eigenvalue weighted by Gasteiger charge is 2.50. The van der Waals surface area contributed by atoms with Crippen LogP contribution in [0.1, 0.15) is 18.4 Å². The van der Waals surface area contributed by atoms with E-state index in [-0.39, 0.29) is 18.2 Å². The van der Waals surface area contributed by atoms with Gasteiger partial charge in [0.25, 0.3) is 0 Å². The summed E-state index contributed by atoms with van der Waals surface area (Å²) in [6.45, 7) is 2.74. The van der Waals surface area contributed by atoms with Crippen molar-refractivity contribution < 1.29 is 9.59 Å². The number of carbonyl (C=O) groups is 2. The van der Waals surface area contributed by atoms with Crippen LogP contribution in [-0.2, 0) is 16.1 Å². The Kier molecular flexibility index (Phi) is 3.11. The molecule has 0 unspecified atom stereocenters. The molecular formula is C15H18N2O2. The zero-order valence-electron chi connectivity index (χ0n) is 10.9. The highest BCUT2D eigenvalue weighted by atomic mass is 16.2. The van der Waals surface area contributed by atoms with E-state index in [1.807, 2.05) is 18.2 Å². The maximum Gasteiger partial charge on any atom is 0.234 e. The summed E-state index contributed by atoms with van der Waals surface area (Å²) in [4.78, 5) is 26.1. The van der Waals surface area contributed by atoms with Gasteiger partial charge in [0.2, 0.25) is 5.91 Å². The summed E-state index contributed by atoms with van der Waals surface area (Å²) in [5, 5.41) is 2.69. The minimum absolute atomic E-state index is 0.0585. The zero-order valence-corrected chi connectivity index (χ0v) is 10.9. The van der Waals surface area contributed by atoms with Crippen molar-refractivity contribution in [3.05, 3.63) is 35.9 Å². The van der Waals surface area contributed by atoms with Crippen LogP contribution in [0.5, 0.6) is 0 Å². The van der Waals surface area contributed by atoms with E-state index in [1.165, 1.54) is 5.56 Å². The van der Waals surface area contributed by atoms with Gasteiger partial charge in [-0.2, -0.15) is 0 Å². The standard InChI is InChI=1S/C15H18N2O2/c18-13-10-16-14(19)15(13)6-8-17(9-7-15)11-12-4-2-1-3-5-12/h1-5H,6-11H2,(H,16,19). The first-order valence-electron chi connectivity index (χ1n) is 6.79. The van der Waals surface area contributed by atoms with Crippen LogP contribution in [0.15, 0.2) is 30.3 Å². The molecule has 19 heavy (non-hydrogen) atoms. The number of nitrogens with zero attached hydrogens (tertiary/aromatic N) is 1. The minimum atomic E-state index is -0.715. The Morgan fingerprint density at radius 2 is 1.79 bits per heavy atom. The van der Waals surface area contributed by atoms with E-state index >= 15 is 0 Å². The molecule has 3 rings (SSSR count). The lowest BCUT2D eigenvalue weighted by molar-refractivity contribution is -0.138. The van der Waals surface area contributed by atoms with Crippen LogP contribution in [0, 0.1) is 5.41 Å². The van der Waals surface area contributed by atoms with Crippen molar-refractivity contribution in [2.75, 3.05) is 19.6 Å². The van der Waals surface area contributed by atoms with Crippen LogP contribution < -0.4 is 5.32 Å². The van der Waals surface area contributed by atoms with Crippen molar-refractivity contribution in [3.8, 4) is 0 Å². The molecule has 1 aromatic rings. The van der Waals surface area contributed by atoms with Gasteiger partial charge in [0.05, 0.1) is 6.54 Å². The molecular weight excluding hydrogens is 240 g/mol.